The first-order valence-corrected chi connectivity index (χ1v) is 9.86. The van der Waals surface area contributed by atoms with E-state index in [-0.39, 0.29) is 5.41 Å². The Bertz CT molecular complexity index is 782. The highest BCUT2D eigenvalue weighted by atomic mass is 16.5. The monoisotopic (exact) mass is 350 g/mol. The van der Waals surface area contributed by atoms with Crippen molar-refractivity contribution in [1.29, 1.82) is 0 Å². The van der Waals surface area contributed by atoms with Crippen LogP contribution in [0.5, 0.6) is 0 Å². The highest BCUT2D eigenvalue weighted by Gasteiger charge is 2.49. The second-order valence-corrected chi connectivity index (χ2v) is 7.59. The second-order valence-electron chi connectivity index (χ2n) is 7.59. The van der Waals surface area contributed by atoms with Gasteiger partial charge in [0.2, 0.25) is 0 Å². The van der Waals surface area contributed by atoms with Crippen molar-refractivity contribution in [1.82, 2.24) is 15.3 Å². The molecule has 5 nitrogen and oxygen atoms in total. The van der Waals surface area contributed by atoms with Gasteiger partial charge < -0.3 is 15.0 Å². The Kier molecular flexibility index (Phi) is 4.14. The minimum absolute atomic E-state index is 0.0249. The van der Waals surface area contributed by atoms with Crippen molar-refractivity contribution in [3.63, 3.8) is 0 Å². The highest BCUT2D eigenvalue weighted by Crippen LogP contribution is 2.52. The highest BCUT2D eigenvalue weighted by molar-refractivity contribution is 5.53. The summed E-state index contributed by atoms with van der Waals surface area (Å²) in [6.07, 6.45) is 4.31. The largest absolute Gasteiger partial charge is 0.378 e. The van der Waals surface area contributed by atoms with Crippen molar-refractivity contribution in [2.45, 2.75) is 31.1 Å². The zero-order valence-corrected chi connectivity index (χ0v) is 15.2. The third-order valence-corrected chi connectivity index (χ3v) is 5.98. The molecule has 3 aliphatic rings. The first-order valence-electron chi connectivity index (χ1n) is 9.86. The predicted octanol–water partition coefficient (Wildman–Crippen LogP) is 2.08. The van der Waals surface area contributed by atoms with E-state index in [2.05, 4.69) is 40.5 Å². The van der Waals surface area contributed by atoms with E-state index in [0.29, 0.717) is 0 Å². The van der Waals surface area contributed by atoms with Gasteiger partial charge in [-0.25, -0.2) is 9.97 Å². The van der Waals surface area contributed by atoms with E-state index >= 15 is 0 Å². The summed E-state index contributed by atoms with van der Waals surface area (Å²) in [5.74, 6) is 2.20. The molecule has 136 valence electrons. The molecule has 1 saturated heterocycles. The van der Waals surface area contributed by atoms with Crippen molar-refractivity contribution in [2.75, 3.05) is 44.3 Å². The fourth-order valence-electron chi connectivity index (χ4n) is 4.30. The molecule has 2 aliphatic heterocycles. The van der Waals surface area contributed by atoms with Crippen LogP contribution in [0.3, 0.4) is 0 Å². The summed E-state index contributed by atoms with van der Waals surface area (Å²) in [4.78, 5) is 12.7. The molecule has 2 aromatic rings. The summed E-state index contributed by atoms with van der Waals surface area (Å²) < 4.78 is 5.57. The van der Waals surface area contributed by atoms with Gasteiger partial charge in [0, 0.05) is 31.6 Å². The predicted molar refractivity (Wildman–Crippen MR) is 102 cm³/mol. The molecular formula is C21H26N4O. The van der Waals surface area contributed by atoms with Crippen molar-refractivity contribution in [3.05, 3.63) is 53.0 Å². The number of ether oxygens (including phenoxy) is 1. The number of morpholine rings is 1. The first kappa shape index (κ1) is 16.2. The van der Waals surface area contributed by atoms with Crippen LogP contribution in [0.2, 0.25) is 0 Å². The minimum Gasteiger partial charge on any atom is -0.378 e. The van der Waals surface area contributed by atoms with E-state index in [9.17, 15) is 0 Å². The fourth-order valence-corrected chi connectivity index (χ4v) is 4.30. The first-order chi connectivity index (χ1) is 12.9. The topological polar surface area (TPSA) is 50.3 Å². The molecule has 3 heterocycles. The normalized spacial score (nSPS) is 21.8. The molecule has 0 amide bonds. The molecule has 26 heavy (non-hydrogen) atoms. The van der Waals surface area contributed by atoms with Crippen LogP contribution >= 0.6 is 0 Å². The van der Waals surface area contributed by atoms with E-state index in [1.165, 1.54) is 22.6 Å². The Labute approximate surface area is 154 Å². The number of anilines is 1. The number of aromatic nitrogens is 2. The molecule has 0 bridgehead atoms. The van der Waals surface area contributed by atoms with Crippen LogP contribution in [0.15, 0.2) is 30.3 Å². The molecule has 5 rings (SSSR count). The third-order valence-electron chi connectivity index (χ3n) is 5.98. The summed E-state index contributed by atoms with van der Waals surface area (Å²) in [7, 11) is 0. The molecule has 0 unspecified atom stereocenters. The maximum absolute atomic E-state index is 5.57. The van der Waals surface area contributed by atoms with Gasteiger partial charge in [0.25, 0.3) is 0 Å². The zero-order valence-electron chi connectivity index (χ0n) is 15.2. The maximum atomic E-state index is 5.57. The average molecular weight is 350 g/mol. The van der Waals surface area contributed by atoms with Gasteiger partial charge in [-0.15, -0.1) is 0 Å². The number of benzene rings is 1. The molecule has 0 radical (unpaired) electrons. The van der Waals surface area contributed by atoms with Gasteiger partial charge >= 0.3 is 0 Å². The molecule has 1 N–H and O–H groups in total. The average Bonchev–Trinajstić information content (AvgIpc) is 3.53. The molecule has 0 atom stereocenters. The molecule has 1 aliphatic carbocycles. The van der Waals surface area contributed by atoms with Gasteiger partial charge in [0.15, 0.2) is 0 Å². The van der Waals surface area contributed by atoms with Crippen LogP contribution in [0.1, 0.15) is 35.5 Å². The molecule has 2 fully saturated rings. The molecule has 1 saturated carbocycles. The summed E-state index contributed by atoms with van der Waals surface area (Å²) in [6, 6.07) is 10.8. The lowest BCUT2D eigenvalue weighted by atomic mass is 9.94. The number of nitrogens with one attached hydrogen (secondary N) is 1. The minimum atomic E-state index is 0.0249. The summed E-state index contributed by atoms with van der Waals surface area (Å²) in [5, 5.41) is 3.52. The van der Waals surface area contributed by atoms with Crippen molar-refractivity contribution in [3.8, 4) is 0 Å². The van der Waals surface area contributed by atoms with E-state index in [0.717, 1.165) is 70.9 Å². The van der Waals surface area contributed by atoms with Crippen molar-refractivity contribution >= 4 is 5.82 Å². The summed E-state index contributed by atoms with van der Waals surface area (Å²) >= 11 is 0. The third kappa shape index (κ3) is 2.79. The fraction of sp³-hybridized carbons (Fsp3) is 0.524. The number of hydrogen-bond acceptors (Lipinski definition) is 5. The van der Waals surface area contributed by atoms with Gasteiger partial charge in [0.1, 0.15) is 11.6 Å². The van der Waals surface area contributed by atoms with Crippen LogP contribution in [0.4, 0.5) is 5.82 Å². The second kappa shape index (κ2) is 6.63. The van der Waals surface area contributed by atoms with E-state index in [1.54, 1.807) is 0 Å². The molecule has 5 heteroatoms. The van der Waals surface area contributed by atoms with Crippen molar-refractivity contribution in [2.24, 2.45) is 0 Å². The lowest BCUT2D eigenvalue weighted by Gasteiger charge is -2.31. The lowest BCUT2D eigenvalue weighted by molar-refractivity contribution is 0.122. The molecule has 0 spiro atoms. The zero-order chi connectivity index (χ0) is 17.4. The lowest BCUT2D eigenvalue weighted by Crippen LogP contribution is -2.38. The van der Waals surface area contributed by atoms with Crippen LogP contribution in [0.25, 0.3) is 0 Å². The Hall–Kier alpha value is -1.98. The van der Waals surface area contributed by atoms with Crippen LogP contribution in [-0.2, 0) is 23.0 Å². The number of fused-ring (bicyclic) bond motifs is 1. The quantitative estimate of drug-likeness (QED) is 0.919. The SMILES string of the molecule is c1ccc(C2(c3nc4c(c(N5CCOCC5)n3)CCNCC4)CC2)cc1. The van der Waals surface area contributed by atoms with Crippen molar-refractivity contribution < 1.29 is 4.74 Å². The Morgan fingerprint density at radius 2 is 1.73 bits per heavy atom. The Balaban J connectivity index is 1.61. The van der Waals surface area contributed by atoms with Crippen LogP contribution < -0.4 is 10.2 Å². The van der Waals surface area contributed by atoms with Gasteiger partial charge in [-0.3, -0.25) is 0 Å². The molecular weight excluding hydrogens is 324 g/mol. The number of hydrogen-bond donors (Lipinski definition) is 1. The summed E-state index contributed by atoms with van der Waals surface area (Å²) in [6.45, 7) is 5.44. The van der Waals surface area contributed by atoms with Gasteiger partial charge in [-0.05, 0) is 31.4 Å². The van der Waals surface area contributed by atoms with Crippen LogP contribution in [0, 0.1) is 0 Å². The number of nitrogens with zero attached hydrogens (tertiary/aromatic N) is 3. The maximum Gasteiger partial charge on any atom is 0.141 e. The van der Waals surface area contributed by atoms with Gasteiger partial charge in [0.05, 0.1) is 24.3 Å². The van der Waals surface area contributed by atoms with E-state index in [1.807, 2.05) is 0 Å². The number of rotatable bonds is 3. The smallest absolute Gasteiger partial charge is 0.141 e. The standard InChI is InChI=1S/C21H26N4O/c1-2-4-16(5-3-1)21(8-9-21)20-23-18-7-11-22-10-6-17(18)19(24-20)25-12-14-26-15-13-25/h1-5,22H,6-15H2. The van der Waals surface area contributed by atoms with E-state index < -0.39 is 0 Å². The Morgan fingerprint density at radius 3 is 2.50 bits per heavy atom. The van der Waals surface area contributed by atoms with Gasteiger partial charge in [-0.2, -0.15) is 0 Å². The van der Waals surface area contributed by atoms with Gasteiger partial charge in [-0.1, -0.05) is 30.3 Å². The summed E-state index contributed by atoms with van der Waals surface area (Å²) in [5.41, 5.74) is 3.99. The Morgan fingerprint density at radius 1 is 0.962 bits per heavy atom. The molecule has 1 aromatic heterocycles. The van der Waals surface area contributed by atoms with Crippen LogP contribution in [-0.4, -0.2) is 49.4 Å². The molecule has 1 aromatic carbocycles. The van der Waals surface area contributed by atoms with E-state index in [4.69, 9.17) is 14.7 Å².